The van der Waals surface area contributed by atoms with E-state index in [1.807, 2.05) is 37.3 Å². The number of amides is 1. The van der Waals surface area contributed by atoms with E-state index in [1.165, 1.54) is 11.6 Å². The largest absolute Gasteiger partial charge is 0.369 e. The van der Waals surface area contributed by atoms with Gasteiger partial charge in [0.15, 0.2) is 0 Å². The SMILES string of the molecule is CCN(Cc1ccc(C(=O)NC(C)c2cc(F)ccc2N2CCN(C)CC2)cc1)C(C)C. The van der Waals surface area contributed by atoms with Crippen LogP contribution in [0, 0.1) is 5.82 Å². The maximum absolute atomic E-state index is 14.1. The Morgan fingerprint density at radius 3 is 2.31 bits per heavy atom. The lowest BCUT2D eigenvalue weighted by atomic mass is 10.0. The first-order chi connectivity index (χ1) is 15.3. The summed E-state index contributed by atoms with van der Waals surface area (Å²) in [6.45, 7) is 14.0. The van der Waals surface area contributed by atoms with Crippen LogP contribution < -0.4 is 10.2 Å². The summed E-state index contributed by atoms with van der Waals surface area (Å²) in [5.74, 6) is -0.428. The van der Waals surface area contributed by atoms with Crippen molar-refractivity contribution in [2.24, 2.45) is 0 Å². The third-order valence-corrected chi connectivity index (χ3v) is 6.39. The predicted molar refractivity (Wildman–Crippen MR) is 130 cm³/mol. The smallest absolute Gasteiger partial charge is 0.251 e. The van der Waals surface area contributed by atoms with Gasteiger partial charge >= 0.3 is 0 Å². The van der Waals surface area contributed by atoms with E-state index in [-0.39, 0.29) is 17.8 Å². The summed E-state index contributed by atoms with van der Waals surface area (Å²) in [6, 6.07) is 12.8. The molecular weight excluding hydrogens is 403 g/mol. The molecular formula is C26H37FN4O. The second-order valence-corrected chi connectivity index (χ2v) is 9.04. The van der Waals surface area contributed by atoms with Gasteiger partial charge in [0.05, 0.1) is 6.04 Å². The number of carbonyl (C=O) groups excluding carboxylic acids is 1. The number of rotatable bonds is 8. The molecule has 1 atom stereocenters. The van der Waals surface area contributed by atoms with Crippen LogP contribution in [0.2, 0.25) is 0 Å². The molecule has 1 aliphatic heterocycles. The highest BCUT2D eigenvalue weighted by Crippen LogP contribution is 2.28. The van der Waals surface area contributed by atoms with Crippen LogP contribution in [0.15, 0.2) is 42.5 Å². The molecule has 0 aliphatic carbocycles. The monoisotopic (exact) mass is 440 g/mol. The van der Waals surface area contributed by atoms with Crippen molar-refractivity contribution in [2.75, 3.05) is 44.7 Å². The Morgan fingerprint density at radius 2 is 1.72 bits per heavy atom. The van der Waals surface area contributed by atoms with Crippen molar-refractivity contribution < 1.29 is 9.18 Å². The van der Waals surface area contributed by atoms with Crippen LogP contribution in [0.4, 0.5) is 10.1 Å². The molecule has 1 unspecified atom stereocenters. The van der Waals surface area contributed by atoms with Crippen LogP contribution in [0.3, 0.4) is 0 Å². The summed E-state index contributed by atoms with van der Waals surface area (Å²) >= 11 is 0. The molecule has 1 N–H and O–H groups in total. The number of halogens is 1. The molecule has 1 fully saturated rings. The normalized spacial score (nSPS) is 15.9. The zero-order chi connectivity index (χ0) is 23.3. The van der Waals surface area contributed by atoms with E-state index in [1.54, 1.807) is 6.07 Å². The van der Waals surface area contributed by atoms with Crippen molar-refractivity contribution in [1.29, 1.82) is 0 Å². The highest BCUT2D eigenvalue weighted by Gasteiger charge is 2.21. The average Bonchev–Trinajstić information content (AvgIpc) is 2.78. The van der Waals surface area contributed by atoms with Gasteiger partial charge < -0.3 is 15.1 Å². The minimum atomic E-state index is -0.302. The van der Waals surface area contributed by atoms with Gasteiger partial charge in [-0.15, -0.1) is 0 Å². The highest BCUT2D eigenvalue weighted by molar-refractivity contribution is 5.94. The molecule has 32 heavy (non-hydrogen) atoms. The fraction of sp³-hybridized carbons (Fsp3) is 0.500. The molecule has 6 heteroatoms. The van der Waals surface area contributed by atoms with Crippen LogP contribution in [-0.4, -0.2) is 61.5 Å². The van der Waals surface area contributed by atoms with Crippen molar-refractivity contribution in [1.82, 2.24) is 15.1 Å². The van der Waals surface area contributed by atoms with Gasteiger partial charge in [-0.25, -0.2) is 4.39 Å². The molecule has 1 heterocycles. The Morgan fingerprint density at radius 1 is 1.06 bits per heavy atom. The number of hydrogen-bond acceptors (Lipinski definition) is 4. The standard InChI is InChI=1S/C26H37FN4O/c1-6-30(19(2)3)18-21-7-9-22(10-8-21)26(32)28-20(4)24-17-23(27)11-12-25(24)31-15-13-29(5)14-16-31/h7-12,17,19-20H,6,13-16,18H2,1-5H3,(H,28,32). The topological polar surface area (TPSA) is 38.8 Å². The second-order valence-electron chi connectivity index (χ2n) is 9.04. The Balaban J connectivity index is 1.70. The molecule has 0 radical (unpaired) electrons. The Kier molecular flexibility index (Phi) is 8.26. The van der Waals surface area contributed by atoms with Crippen LogP contribution in [-0.2, 0) is 6.54 Å². The van der Waals surface area contributed by atoms with Crippen LogP contribution >= 0.6 is 0 Å². The Labute approximate surface area is 192 Å². The summed E-state index contributed by atoms with van der Waals surface area (Å²) < 4.78 is 14.1. The number of carbonyl (C=O) groups is 1. The lowest BCUT2D eigenvalue weighted by molar-refractivity contribution is 0.0940. The second kappa shape index (κ2) is 10.9. The van der Waals surface area contributed by atoms with Crippen LogP contribution in [0.1, 0.15) is 55.2 Å². The third-order valence-electron chi connectivity index (χ3n) is 6.39. The van der Waals surface area contributed by atoms with E-state index in [0.29, 0.717) is 11.6 Å². The maximum Gasteiger partial charge on any atom is 0.251 e. The third kappa shape index (κ3) is 6.08. The first-order valence-electron chi connectivity index (χ1n) is 11.6. The zero-order valence-electron chi connectivity index (χ0n) is 20.1. The highest BCUT2D eigenvalue weighted by atomic mass is 19.1. The maximum atomic E-state index is 14.1. The van der Waals surface area contributed by atoms with Gasteiger partial charge in [0.25, 0.3) is 5.91 Å². The van der Waals surface area contributed by atoms with E-state index in [9.17, 15) is 9.18 Å². The summed E-state index contributed by atoms with van der Waals surface area (Å²) in [7, 11) is 2.11. The van der Waals surface area contributed by atoms with Crippen LogP contribution in [0.25, 0.3) is 0 Å². The summed E-state index contributed by atoms with van der Waals surface area (Å²) in [5, 5.41) is 3.06. The van der Waals surface area contributed by atoms with E-state index in [4.69, 9.17) is 0 Å². The molecule has 3 rings (SSSR count). The number of nitrogens with one attached hydrogen (secondary N) is 1. The molecule has 2 aromatic rings. The lowest BCUT2D eigenvalue weighted by Crippen LogP contribution is -2.45. The van der Waals surface area contributed by atoms with E-state index >= 15 is 0 Å². The minimum absolute atomic E-state index is 0.145. The molecule has 0 aromatic heterocycles. The number of piperazine rings is 1. The molecule has 174 valence electrons. The average molecular weight is 441 g/mol. The first kappa shape index (κ1) is 24.2. The fourth-order valence-electron chi connectivity index (χ4n) is 4.22. The molecule has 0 bridgehead atoms. The van der Waals surface area contributed by atoms with Gasteiger partial charge in [-0.1, -0.05) is 19.1 Å². The van der Waals surface area contributed by atoms with Gasteiger partial charge in [-0.05, 0) is 70.3 Å². The van der Waals surface area contributed by atoms with Crippen molar-refractivity contribution in [3.63, 3.8) is 0 Å². The fourth-order valence-corrected chi connectivity index (χ4v) is 4.22. The van der Waals surface area contributed by atoms with E-state index in [0.717, 1.165) is 50.5 Å². The number of likely N-dealkylation sites (N-methyl/N-ethyl adjacent to an activating group) is 1. The molecule has 5 nitrogen and oxygen atoms in total. The molecule has 0 spiro atoms. The lowest BCUT2D eigenvalue weighted by Gasteiger charge is -2.36. The molecule has 0 saturated carbocycles. The number of anilines is 1. The van der Waals surface area contributed by atoms with E-state index in [2.05, 4.69) is 47.8 Å². The Bertz CT molecular complexity index is 891. The molecule has 2 aromatic carbocycles. The van der Waals surface area contributed by atoms with Crippen molar-refractivity contribution >= 4 is 11.6 Å². The van der Waals surface area contributed by atoms with Gasteiger partial charge in [-0.2, -0.15) is 0 Å². The summed E-state index contributed by atoms with van der Waals surface area (Å²) in [5.41, 5.74) is 3.62. The molecule has 1 aliphatic rings. The van der Waals surface area contributed by atoms with E-state index < -0.39 is 0 Å². The van der Waals surface area contributed by atoms with Gasteiger partial charge in [0, 0.05) is 55.6 Å². The number of benzene rings is 2. The quantitative estimate of drug-likeness (QED) is 0.664. The Hall–Kier alpha value is -2.44. The van der Waals surface area contributed by atoms with Crippen molar-refractivity contribution in [2.45, 2.75) is 46.3 Å². The molecule has 1 saturated heterocycles. The van der Waals surface area contributed by atoms with Crippen LogP contribution in [0.5, 0.6) is 0 Å². The summed E-state index contributed by atoms with van der Waals surface area (Å²) in [6.07, 6.45) is 0. The summed E-state index contributed by atoms with van der Waals surface area (Å²) in [4.78, 5) is 19.8. The number of nitrogens with zero attached hydrogens (tertiary/aromatic N) is 3. The van der Waals surface area contributed by atoms with Crippen molar-refractivity contribution in [3.05, 3.63) is 65.0 Å². The van der Waals surface area contributed by atoms with Gasteiger partial charge in [-0.3, -0.25) is 9.69 Å². The molecule has 1 amide bonds. The zero-order valence-corrected chi connectivity index (χ0v) is 20.1. The number of hydrogen-bond donors (Lipinski definition) is 1. The van der Waals surface area contributed by atoms with Gasteiger partial charge in [0.1, 0.15) is 5.82 Å². The minimum Gasteiger partial charge on any atom is -0.369 e. The van der Waals surface area contributed by atoms with Gasteiger partial charge in [0.2, 0.25) is 0 Å². The van der Waals surface area contributed by atoms with Crippen molar-refractivity contribution in [3.8, 4) is 0 Å². The predicted octanol–water partition coefficient (Wildman–Crippen LogP) is 4.30. The first-order valence-corrected chi connectivity index (χ1v) is 11.6.